The van der Waals surface area contributed by atoms with Crippen molar-refractivity contribution < 1.29 is 30.8 Å². The first-order valence-electron chi connectivity index (χ1n) is 4.82. The van der Waals surface area contributed by atoms with Crippen molar-refractivity contribution >= 4 is 30.6 Å². The van der Waals surface area contributed by atoms with Gasteiger partial charge in [0.15, 0.2) is 0 Å². The number of halogens is 2. The van der Waals surface area contributed by atoms with E-state index >= 15 is 0 Å². The van der Waals surface area contributed by atoms with Crippen LogP contribution in [0.25, 0.3) is 11.5 Å². The van der Waals surface area contributed by atoms with Gasteiger partial charge >= 0.3 is 41.3 Å². The second kappa shape index (κ2) is 14.4. The molecule has 0 spiro atoms. The number of ketones is 1. The second-order valence-corrected chi connectivity index (χ2v) is 6.40. The molecule has 0 aromatic carbocycles. The molecule has 0 aromatic rings. The Hall–Kier alpha value is 0.328. The van der Waals surface area contributed by atoms with E-state index in [2.05, 4.69) is 0 Å². The minimum absolute atomic E-state index is 0.0512. The van der Waals surface area contributed by atoms with Crippen LogP contribution in [0.3, 0.4) is 0 Å². The van der Waals surface area contributed by atoms with Gasteiger partial charge in [0, 0.05) is 12.8 Å². The number of hydrogen-bond donors (Lipinski definition) is 0. The molecule has 5 nitrogen and oxygen atoms in total. The van der Waals surface area contributed by atoms with Gasteiger partial charge in [-0.25, -0.2) is 0 Å². The maximum atomic E-state index is 11.1. The summed E-state index contributed by atoms with van der Waals surface area (Å²) in [6.45, 7) is 1.31. The van der Waals surface area contributed by atoms with Crippen LogP contribution in [-0.2, 0) is 30.8 Å². The molecule has 0 aromatic heterocycles. The summed E-state index contributed by atoms with van der Waals surface area (Å²) in [4.78, 5) is 21.6. The molecule has 0 atom stereocenters. The van der Waals surface area contributed by atoms with Gasteiger partial charge in [-0.3, -0.25) is 4.79 Å². The predicted octanol–water partition coefficient (Wildman–Crippen LogP) is 3.14. The summed E-state index contributed by atoms with van der Waals surface area (Å²) in [5.74, 6) is -0.369. The van der Waals surface area contributed by atoms with Crippen LogP contribution < -0.4 is 0 Å². The van der Waals surface area contributed by atoms with Crippen LogP contribution in [0.1, 0.15) is 26.2 Å². The van der Waals surface area contributed by atoms with Gasteiger partial charge in [-0.05, 0) is 13.3 Å². The van der Waals surface area contributed by atoms with Crippen molar-refractivity contribution in [3.05, 3.63) is 11.5 Å². The minimum atomic E-state index is -0.625. The first-order chi connectivity index (χ1) is 8.01. The molecule has 0 rings (SSSR count). The SMILES string of the molecule is CC(=O)CCCC(=O)OC(C[NH-])C[NH-].[Cl][Pt+2][Cl]. The van der Waals surface area contributed by atoms with E-state index in [9.17, 15) is 9.59 Å². The van der Waals surface area contributed by atoms with Crippen LogP contribution in [0.5, 0.6) is 0 Å². The van der Waals surface area contributed by atoms with Crippen molar-refractivity contribution in [1.29, 1.82) is 0 Å². The van der Waals surface area contributed by atoms with Crippen molar-refractivity contribution in [2.24, 2.45) is 0 Å². The molecule has 0 bridgehead atoms. The third-order valence-electron chi connectivity index (χ3n) is 1.66. The second-order valence-electron chi connectivity index (χ2n) is 3.12. The van der Waals surface area contributed by atoms with Crippen LogP contribution in [0.15, 0.2) is 0 Å². The number of nitrogens with one attached hydrogen (secondary N) is 2. The van der Waals surface area contributed by atoms with Gasteiger partial charge in [-0.2, -0.15) is 0 Å². The quantitative estimate of drug-likeness (QED) is 0.540. The third kappa shape index (κ3) is 16.3. The maximum absolute atomic E-state index is 11.1. The normalized spacial score (nSPS) is 9.76. The van der Waals surface area contributed by atoms with Gasteiger partial charge in [0.2, 0.25) is 0 Å². The van der Waals surface area contributed by atoms with Gasteiger partial charge in [0.25, 0.3) is 0 Å². The van der Waals surface area contributed by atoms with E-state index in [4.69, 9.17) is 35.0 Å². The molecule has 104 valence electrons. The molecule has 0 amide bonds. The van der Waals surface area contributed by atoms with Gasteiger partial charge in [-0.1, -0.05) is 0 Å². The first-order valence-corrected chi connectivity index (χ1v) is 10.4. The number of rotatable bonds is 7. The van der Waals surface area contributed by atoms with E-state index in [0.717, 1.165) is 0 Å². The molecule has 0 saturated heterocycles. The van der Waals surface area contributed by atoms with Crippen LogP contribution in [0.2, 0.25) is 0 Å². The summed E-state index contributed by atoms with van der Waals surface area (Å²) in [5, 5.41) is 0. The third-order valence-corrected chi connectivity index (χ3v) is 1.66. The van der Waals surface area contributed by atoms with Crippen molar-refractivity contribution in [2.45, 2.75) is 32.3 Å². The summed E-state index contributed by atoms with van der Waals surface area (Å²) in [6.07, 6.45) is 0.425. The fourth-order valence-electron chi connectivity index (χ4n) is 0.882. The molecule has 8 heteroatoms. The Kier molecular flexibility index (Phi) is 16.6. The molecule has 17 heavy (non-hydrogen) atoms. The van der Waals surface area contributed by atoms with Crippen molar-refractivity contribution in [1.82, 2.24) is 0 Å². The zero-order chi connectivity index (χ0) is 13.7. The molecule has 0 unspecified atom stereocenters. The van der Waals surface area contributed by atoms with Gasteiger partial charge in [-0.15, -0.1) is 13.1 Å². The van der Waals surface area contributed by atoms with E-state index in [1.165, 1.54) is 6.92 Å². The fraction of sp³-hybridized carbons (Fsp3) is 0.778. The number of hydrogen-bond acceptors (Lipinski definition) is 3. The molecule has 0 saturated carbocycles. The van der Waals surface area contributed by atoms with E-state index in [-0.39, 0.29) is 25.3 Å². The monoisotopic (exact) mass is 465 g/mol. The number of carbonyl (C=O) groups is 2. The summed E-state index contributed by atoms with van der Waals surface area (Å²) in [7, 11) is 9.75. The Morgan fingerprint density at radius 2 is 1.71 bits per heavy atom. The topological polar surface area (TPSA) is 91.0 Å². The summed E-state index contributed by atoms with van der Waals surface area (Å²) in [6, 6.07) is 0. The molecular formula is C9H16Cl2N2O3Pt. The van der Waals surface area contributed by atoms with Gasteiger partial charge in [0.05, 0.1) is 6.10 Å². The Labute approximate surface area is 118 Å². The van der Waals surface area contributed by atoms with E-state index in [1.807, 2.05) is 0 Å². The Bertz CT molecular complexity index is 216. The van der Waals surface area contributed by atoms with Crippen LogP contribution in [0.4, 0.5) is 0 Å². The molecule has 2 N–H and O–H groups in total. The number of Topliss-reactive ketones (excluding diaryl/α,β-unsaturated/α-hetero) is 1. The first kappa shape index (κ1) is 19.7. The average molecular weight is 466 g/mol. The van der Waals surface area contributed by atoms with Crippen molar-refractivity contribution in [2.75, 3.05) is 13.1 Å². The van der Waals surface area contributed by atoms with E-state index < -0.39 is 28.6 Å². The fourth-order valence-corrected chi connectivity index (χ4v) is 0.882. The van der Waals surface area contributed by atoms with Crippen LogP contribution in [0, 0.1) is 0 Å². The zero-order valence-electron chi connectivity index (χ0n) is 9.41. The molecule has 0 heterocycles. The van der Waals surface area contributed by atoms with Crippen molar-refractivity contribution in [3.63, 3.8) is 0 Å². The molecule has 0 radical (unpaired) electrons. The van der Waals surface area contributed by atoms with Gasteiger partial charge in [0.1, 0.15) is 5.78 Å². The molecule has 0 aliphatic carbocycles. The molecule has 0 aliphatic heterocycles. The standard InChI is InChI=1S/C9H16N2O3.2ClH.Pt/c1-7(12)3-2-4-9(13)14-8(5-10)6-11;;;/h8,10-11H,2-6H2,1H3;2*1H;/q-2;;;+4/p-2. The molecule has 0 aliphatic rings. The number of carbonyl (C=O) groups excluding carboxylic acids is 2. The number of ether oxygens (including phenoxy) is 1. The van der Waals surface area contributed by atoms with E-state index in [1.54, 1.807) is 0 Å². The molecule has 0 fully saturated rings. The Balaban J connectivity index is 0. The zero-order valence-corrected chi connectivity index (χ0v) is 13.2. The Morgan fingerprint density at radius 3 is 2.06 bits per heavy atom. The molecular weight excluding hydrogens is 450 g/mol. The summed E-state index contributed by atoms with van der Waals surface area (Å²) >= 11 is -0.472. The van der Waals surface area contributed by atoms with E-state index in [0.29, 0.717) is 12.8 Å². The number of esters is 1. The summed E-state index contributed by atoms with van der Waals surface area (Å²) in [5.41, 5.74) is 13.9. The van der Waals surface area contributed by atoms with Crippen molar-refractivity contribution in [3.8, 4) is 0 Å². The Morgan fingerprint density at radius 1 is 1.24 bits per heavy atom. The predicted molar refractivity (Wildman–Crippen MR) is 64.5 cm³/mol. The van der Waals surface area contributed by atoms with Gasteiger partial charge < -0.3 is 21.0 Å². The van der Waals surface area contributed by atoms with Crippen LogP contribution in [-0.4, -0.2) is 30.9 Å². The summed E-state index contributed by atoms with van der Waals surface area (Å²) < 4.78 is 4.81. The average Bonchev–Trinajstić information content (AvgIpc) is 2.26. The van der Waals surface area contributed by atoms with Crippen LogP contribution >= 0.6 is 18.8 Å².